The van der Waals surface area contributed by atoms with Crippen molar-refractivity contribution in [2.75, 3.05) is 6.61 Å². The lowest BCUT2D eigenvalue weighted by atomic mass is 9.97. The number of hydrogen-bond acceptors (Lipinski definition) is 7. The SMILES string of the molecule is CCOC(=O)CCC1=CCc2c1ccc(F)c2-c1noc(-c2ccc(OC(C)C)c(C#N)c2)n1. The molecule has 7 nitrogen and oxygen atoms in total. The van der Waals surface area contributed by atoms with Crippen LogP contribution in [0.15, 0.2) is 40.9 Å². The number of carbonyl (C=O) groups is 1. The third-order valence-electron chi connectivity index (χ3n) is 5.42. The zero-order valence-corrected chi connectivity index (χ0v) is 19.2. The monoisotopic (exact) mass is 461 g/mol. The van der Waals surface area contributed by atoms with Gasteiger partial charge in [-0.2, -0.15) is 10.2 Å². The summed E-state index contributed by atoms with van der Waals surface area (Å²) in [5.41, 5.74) is 3.74. The molecule has 1 heterocycles. The van der Waals surface area contributed by atoms with Crippen molar-refractivity contribution in [3.63, 3.8) is 0 Å². The number of benzene rings is 2. The fourth-order valence-electron chi connectivity index (χ4n) is 3.97. The van der Waals surface area contributed by atoms with Crippen LogP contribution in [0.4, 0.5) is 4.39 Å². The zero-order valence-electron chi connectivity index (χ0n) is 19.2. The van der Waals surface area contributed by atoms with Crippen LogP contribution < -0.4 is 4.74 Å². The van der Waals surface area contributed by atoms with Crippen molar-refractivity contribution < 1.29 is 23.2 Å². The van der Waals surface area contributed by atoms with Crippen molar-refractivity contribution in [2.45, 2.75) is 46.1 Å². The highest BCUT2D eigenvalue weighted by Crippen LogP contribution is 2.38. The van der Waals surface area contributed by atoms with E-state index in [4.69, 9.17) is 14.0 Å². The molecule has 8 heteroatoms. The van der Waals surface area contributed by atoms with Gasteiger partial charge < -0.3 is 14.0 Å². The van der Waals surface area contributed by atoms with Gasteiger partial charge in [0.25, 0.3) is 5.89 Å². The van der Waals surface area contributed by atoms with Crippen molar-refractivity contribution in [1.29, 1.82) is 5.26 Å². The van der Waals surface area contributed by atoms with E-state index >= 15 is 0 Å². The van der Waals surface area contributed by atoms with Crippen molar-refractivity contribution in [1.82, 2.24) is 10.1 Å². The van der Waals surface area contributed by atoms with Crippen LogP contribution in [0.5, 0.6) is 5.75 Å². The highest BCUT2D eigenvalue weighted by molar-refractivity contribution is 5.82. The molecule has 0 aliphatic heterocycles. The summed E-state index contributed by atoms with van der Waals surface area (Å²) in [6.07, 6.45) is 3.18. The van der Waals surface area contributed by atoms with Gasteiger partial charge >= 0.3 is 5.97 Å². The van der Waals surface area contributed by atoms with Gasteiger partial charge in [-0.1, -0.05) is 17.3 Å². The Bertz CT molecular complexity index is 1300. The summed E-state index contributed by atoms with van der Waals surface area (Å²) in [4.78, 5) is 16.2. The number of ether oxygens (including phenoxy) is 2. The van der Waals surface area contributed by atoms with Crippen LogP contribution in [0.25, 0.3) is 28.4 Å². The van der Waals surface area contributed by atoms with E-state index in [0.717, 1.165) is 16.7 Å². The lowest BCUT2D eigenvalue weighted by Gasteiger charge is -2.11. The topological polar surface area (TPSA) is 98.2 Å². The van der Waals surface area contributed by atoms with E-state index < -0.39 is 5.82 Å². The van der Waals surface area contributed by atoms with Crippen molar-refractivity contribution >= 4 is 11.5 Å². The smallest absolute Gasteiger partial charge is 0.306 e. The van der Waals surface area contributed by atoms with E-state index in [1.165, 1.54) is 6.07 Å². The highest BCUT2D eigenvalue weighted by Gasteiger charge is 2.25. The van der Waals surface area contributed by atoms with E-state index in [1.54, 1.807) is 31.2 Å². The molecular weight excluding hydrogens is 437 g/mol. The molecule has 0 atom stereocenters. The number of allylic oxidation sites excluding steroid dienone is 2. The van der Waals surface area contributed by atoms with E-state index in [-0.39, 0.29) is 35.8 Å². The summed E-state index contributed by atoms with van der Waals surface area (Å²) >= 11 is 0. The second kappa shape index (κ2) is 9.87. The lowest BCUT2D eigenvalue weighted by Crippen LogP contribution is -2.06. The molecule has 174 valence electrons. The van der Waals surface area contributed by atoms with Crippen LogP contribution in [0.1, 0.15) is 50.3 Å². The molecule has 0 N–H and O–H groups in total. The van der Waals surface area contributed by atoms with Crippen LogP contribution in [0.3, 0.4) is 0 Å². The standard InChI is InChI=1S/C26H24FN3O4/c1-4-32-23(31)12-7-16-5-8-20-19(16)9-10-21(27)24(20)25-29-26(34-30-25)17-6-11-22(33-15(2)3)18(13-17)14-28/h5-6,9-11,13,15H,4,7-8,12H2,1-3H3. The Morgan fingerprint density at radius 1 is 1.29 bits per heavy atom. The van der Waals surface area contributed by atoms with Gasteiger partial charge in [0.15, 0.2) is 0 Å². The average molecular weight is 461 g/mol. The fraction of sp³-hybridized carbons (Fsp3) is 0.308. The molecule has 0 radical (unpaired) electrons. The Hall–Kier alpha value is -3.99. The van der Waals surface area contributed by atoms with Crippen LogP contribution >= 0.6 is 0 Å². The summed E-state index contributed by atoms with van der Waals surface area (Å²) in [5, 5.41) is 13.5. The molecule has 0 fully saturated rings. The molecule has 4 rings (SSSR count). The summed E-state index contributed by atoms with van der Waals surface area (Å²) in [7, 11) is 0. The summed E-state index contributed by atoms with van der Waals surface area (Å²) in [6.45, 7) is 5.87. The third-order valence-corrected chi connectivity index (χ3v) is 5.42. The molecule has 1 aliphatic rings. The lowest BCUT2D eigenvalue weighted by molar-refractivity contribution is -0.142. The van der Waals surface area contributed by atoms with Gasteiger partial charge in [0.05, 0.1) is 23.8 Å². The first-order valence-electron chi connectivity index (χ1n) is 11.1. The minimum Gasteiger partial charge on any atom is -0.490 e. The van der Waals surface area contributed by atoms with Crippen molar-refractivity contribution in [2.24, 2.45) is 0 Å². The second-order valence-corrected chi connectivity index (χ2v) is 8.10. The molecule has 0 bridgehead atoms. The number of hydrogen-bond donors (Lipinski definition) is 0. The van der Waals surface area contributed by atoms with Crippen LogP contribution in [-0.2, 0) is 16.0 Å². The van der Waals surface area contributed by atoms with Gasteiger partial charge in [0.2, 0.25) is 5.82 Å². The Labute approximate surface area is 196 Å². The first kappa shape index (κ1) is 23.2. The van der Waals surface area contributed by atoms with Crippen LogP contribution in [0, 0.1) is 17.1 Å². The zero-order chi connectivity index (χ0) is 24.2. The van der Waals surface area contributed by atoms with Crippen molar-refractivity contribution in [3.8, 4) is 34.7 Å². The Morgan fingerprint density at radius 3 is 2.85 bits per heavy atom. The highest BCUT2D eigenvalue weighted by atomic mass is 19.1. The fourth-order valence-corrected chi connectivity index (χ4v) is 3.97. The maximum absolute atomic E-state index is 14.9. The number of rotatable bonds is 8. The summed E-state index contributed by atoms with van der Waals surface area (Å²) < 4.78 is 31.0. The van der Waals surface area contributed by atoms with Crippen LogP contribution in [0.2, 0.25) is 0 Å². The number of aromatic nitrogens is 2. The normalized spacial score (nSPS) is 12.3. The largest absolute Gasteiger partial charge is 0.490 e. The number of esters is 1. The molecule has 2 aromatic carbocycles. The molecule has 0 saturated carbocycles. The predicted molar refractivity (Wildman–Crippen MR) is 123 cm³/mol. The number of nitriles is 1. The molecule has 1 aliphatic carbocycles. The minimum absolute atomic E-state index is 0.0769. The van der Waals surface area contributed by atoms with Gasteiger partial charge in [-0.05, 0) is 74.6 Å². The minimum atomic E-state index is -0.454. The van der Waals surface area contributed by atoms with Gasteiger partial charge in [0, 0.05) is 12.0 Å². The first-order chi connectivity index (χ1) is 16.4. The van der Waals surface area contributed by atoms with Gasteiger partial charge in [-0.15, -0.1) is 0 Å². The molecule has 34 heavy (non-hydrogen) atoms. The quantitative estimate of drug-likeness (QED) is 0.409. The molecular formula is C26H24FN3O4. The number of nitrogens with zero attached hydrogens (tertiary/aromatic N) is 3. The predicted octanol–water partition coefficient (Wildman–Crippen LogP) is 5.48. The van der Waals surface area contributed by atoms with E-state index in [2.05, 4.69) is 16.2 Å². The summed E-state index contributed by atoms with van der Waals surface area (Å²) in [5.74, 6) is 0.0564. The summed E-state index contributed by atoms with van der Waals surface area (Å²) in [6, 6.07) is 10.2. The van der Waals surface area contributed by atoms with E-state index in [1.807, 2.05) is 19.9 Å². The maximum atomic E-state index is 14.9. The van der Waals surface area contributed by atoms with Gasteiger partial charge in [-0.3, -0.25) is 4.79 Å². The van der Waals surface area contributed by atoms with E-state index in [0.29, 0.717) is 36.3 Å². The second-order valence-electron chi connectivity index (χ2n) is 8.10. The van der Waals surface area contributed by atoms with Gasteiger partial charge in [-0.25, -0.2) is 4.39 Å². The first-order valence-corrected chi connectivity index (χ1v) is 11.1. The molecule has 1 aromatic heterocycles. The number of fused-ring (bicyclic) bond motifs is 1. The molecule has 3 aromatic rings. The molecule has 0 saturated heterocycles. The Morgan fingerprint density at radius 2 is 2.12 bits per heavy atom. The van der Waals surface area contributed by atoms with E-state index in [9.17, 15) is 14.4 Å². The molecule has 0 spiro atoms. The molecule has 0 amide bonds. The Kier molecular flexibility index (Phi) is 6.73. The Balaban J connectivity index is 1.62. The van der Waals surface area contributed by atoms with Gasteiger partial charge in [0.1, 0.15) is 17.6 Å². The number of halogens is 1. The number of carbonyl (C=O) groups excluding carboxylic acids is 1. The van der Waals surface area contributed by atoms with Crippen LogP contribution in [-0.4, -0.2) is 28.8 Å². The maximum Gasteiger partial charge on any atom is 0.306 e. The molecule has 0 unspecified atom stereocenters. The van der Waals surface area contributed by atoms with Crippen molar-refractivity contribution in [3.05, 3.63) is 58.9 Å². The average Bonchev–Trinajstić information content (AvgIpc) is 3.45. The third kappa shape index (κ3) is 4.69.